The second-order valence-corrected chi connectivity index (χ2v) is 4.28. The Bertz CT molecular complexity index is 793. The Morgan fingerprint density at radius 2 is 1.72 bits per heavy atom. The fourth-order valence-corrected chi connectivity index (χ4v) is 2.27. The van der Waals surface area contributed by atoms with E-state index < -0.39 is 0 Å². The SMILES string of the molecule is C1=Cc2ccc3nc4ccccc4nc3c2OC1. The molecule has 1 aromatic heterocycles. The first-order valence-electron chi connectivity index (χ1n) is 5.91. The summed E-state index contributed by atoms with van der Waals surface area (Å²) in [6.07, 6.45) is 4.07. The van der Waals surface area contributed by atoms with Crippen LogP contribution in [0.4, 0.5) is 0 Å². The molecule has 0 N–H and O–H groups in total. The third-order valence-electron chi connectivity index (χ3n) is 3.12. The van der Waals surface area contributed by atoms with E-state index >= 15 is 0 Å². The van der Waals surface area contributed by atoms with Crippen LogP contribution in [0.5, 0.6) is 5.75 Å². The quantitative estimate of drug-likeness (QED) is 0.560. The zero-order valence-corrected chi connectivity index (χ0v) is 9.63. The summed E-state index contributed by atoms with van der Waals surface area (Å²) in [4.78, 5) is 9.29. The lowest BCUT2D eigenvalue weighted by molar-refractivity contribution is 0.362. The van der Waals surface area contributed by atoms with Crippen LogP contribution < -0.4 is 4.74 Å². The van der Waals surface area contributed by atoms with Crippen LogP contribution in [0.3, 0.4) is 0 Å². The van der Waals surface area contributed by atoms with E-state index in [1.165, 1.54) is 0 Å². The van der Waals surface area contributed by atoms with Gasteiger partial charge in [0, 0.05) is 5.56 Å². The maximum Gasteiger partial charge on any atom is 0.154 e. The summed E-state index contributed by atoms with van der Waals surface area (Å²) in [5, 5.41) is 0. The van der Waals surface area contributed by atoms with Crippen LogP contribution in [0.1, 0.15) is 5.56 Å². The molecule has 2 aromatic carbocycles. The van der Waals surface area contributed by atoms with E-state index in [1.807, 2.05) is 42.5 Å². The topological polar surface area (TPSA) is 35.0 Å². The lowest BCUT2D eigenvalue weighted by Crippen LogP contribution is -2.02. The molecule has 18 heavy (non-hydrogen) atoms. The summed E-state index contributed by atoms with van der Waals surface area (Å²) in [7, 11) is 0. The molecule has 0 spiro atoms. The molecule has 0 aliphatic carbocycles. The van der Waals surface area contributed by atoms with Gasteiger partial charge in [0.25, 0.3) is 0 Å². The number of aromatic nitrogens is 2. The number of ether oxygens (including phenoxy) is 1. The van der Waals surface area contributed by atoms with Gasteiger partial charge < -0.3 is 4.74 Å². The maximum atomic E-state index is 5.70. The van der Waals surface area contributed by atoms with Crippen molar-refractivity contribution in [2.45, 2.75) is 0 Å². The summed E-state index contributed by atoms with van der Waals surface area (Å²) in [6.45, 7) is 0.598. The average molecular weight is 234 g/mol. The molecule has 0 bridgehead atoms. The van der Waals surface area contributed by atoms with Gasteiger partial charge in [-0.1, -0.05) is 18.2 Å². The summed E-state index contributed by atoms with van der Waals surface area (Å²) >= 11 is 0. The monoisotopic (exact) mass is 234 g/mol. The van der Waals surface area contributed by atoms with Crippen LogP contribution in [0.25, 0.3) is 28.1 Å². The Hall–Kier alpha value is -2.42. The average Bonchev–Trinajstić information content (AvgIpc) is 2.45. The Labute approximate surface area is 104 Å². The second-order valence-electron chi connectivity index (χ2n) is 4.28. The lowest BCUT2D eigenvalue weighted by atomic mass is 10.1. The van der Waals surface area contributed by atoms with Crippen LogP contribution in [0.2, 0.25) is 0 Å². The number of hydrogen-bond donors (Lipinski definition) is 0. The molecule has 0 amide bonds. The van der Waals surface area contributed by atoms with E-state index in [0.29, 0.717) is 6.61 Å². The van der Waals surface area contributed by atoms with Crippen LogP contribution in [-0.2, 0) is 0 Å². The Morgan fingerprint density at radius 1 is 0.889 bits per heavy atom. The highest BCUT2D eigenvalue weighted by Gasteiger charge is 2.12. The van der Waals surface area contributed by atoms with Crippen molar-refractivity contribution in [3.63, 3.8) is 0 Å². The number of fused-ring (bicyclic) bond motifs is 4. The van der Waals surface area contributed by atoms with Gasteiger partial charge in [0.15, 0.2) is 5.75 Å². The molecule has 3 nitrogen and oxygen atoms in total. The lowest BCUT2D eigenvalue weighted by Gasteiger charge is -2.14. The summed E-state index contributed by atoms with van der Waals surface area (Å²) in [5.41, 5.74) is 4.60. The molecule has 2 heterocycles. The Balaban J connectivity index is 2.15. The van der Waals surface area contributed by atoms with Crippen molar-refractivity contribution in [2.24, 2.45) is 0 Å². The van der Waals surface area contributed by atoms with Crippen molar-refractivity contribution in [3.8, 4) is 5.75 Å². The van der Waals surface area contributed by atoms with Gasteiger partial charge in [-0.3, -0.25) is 0 Å². The third-order valence-corrected chi connectivity index (χ3v) is 3.12. The first-order valence-corrected chi connectivity index (χ1v) is 5.91. The van der Waals surface area contributed by atoms with Crippen LogP contribution >= 0.6 is 0 Å². The maximum absolute atomic E-state index is 5.70. The van der Waals surface area contributed by atoms with Gasteiger partial charge >= 0.3 is 0 Å². The molecule has 0 atom stereocenters. The van der Waals surface area contributed by atoms with Gasteiger partial charge in [-0.2, -0.15) is 0 Å². The molecule has 1 aliphatic rings. The number of benzene rings is 2. The molecule has 3 aromatic rings. The smallest absolute Gasteiger partial charge is 0.154 e. The molecular formula is C15H10N2O. The predicted molar refractivity (Wildman–Crippen MR) is 71.6 cm³/mol. The van der Waals surface area contributed by atoms with Crippen molar-refractivity contribution < 1.29 is 4.74 Å². The first kappa shape index (κ1) is 9.59. The van der Waals surface area contributed by atoms with Gasteiger partial charge in [0.2, 0.25) is 0 Å². The molecule has 1 aliphatic heterocycles. The van der Waals surface area contributed by atoms with Crippen molar-refractivity contribution in [3.05, 3.63) is 48.0 Å². The molecule has 3 heteroatoms. The van der Waals surface area contributed by atoms with E-state index in [-0.39, 0.29) is 0 Å². The number of nitrogens with zero attached hydrogens (tertiary/aromatic N) is 2. The summed E-state index contributed by atoms with van der Waals surface area (Å²) in [5.74, 6) is 0.841. The Morgan fingerprint density at radius 3 is 2.61 bits per heavy atom. The molecule has 0 fully saturated rings. The first-order chi connectivity index (χ1) is 8.92. The fourth-order valence-electron chi connectivity index (χ4n) is 2.27. The largest absolute Gasteiger partial charge is 0.487 e. The van der Waals surface area contributed by atoms with E-state index in [2.05, 4.69) is 16.0 Å². The molecule has 0 saturated carbocycles. The third kappa shape index (κ3) is 1.31. The molecule has 0 radical (unpaired) electrons. The minimum Gasteiger partial charge on any atom is -0.487 e. The molecular weight excluding hydrogens is 224 g/mol. The highest BCUT2D eigenvalue weighted by Crippen LogP contribution is 2.31. The number of hydrogen-bond acceptors (Lipinski definition) is 3. The molecule has 86 valence electrons. The van der Waals surface area contributed by atoms with Crippen LogP contribution in [-0.4, -0.2) is 16.6 Å². The Kier molecular flexibility index (Phi) is 1.88. The van der Waals surface area contributed by atoms with Gasteiger partial charge in [0.05, 0.1) is 16.6 Å². The normalized spacial score (nSPS) is 13.6. The van der Waals surface area contributed by atoms with Crippen molar-refractivity contribution in [1.82, 2.24) is 9.97 Å². The van der Waals surface area contributed by atoms with Crippen LogP contribution in [0, 0.1) is 0 Å². The van der Waals surface area contributed by atoms with Gasteiger partial charge in [0.1, 0.15) is 12.1 Å². The van der Waals surface area contributed by atoms with Gasteiger partial charge in [-0.15, -0.1) is 0 Å². The molecule has 0 saturated heterocycles. The minimum absolute atomic E-state index is 0.598. The predicted octanol–water partition coefficient (Wildman–Crippen LogP) is 3.19. The van der Waals surface area contributed by atoms with E-state index in [4.69, 9.17) is 4.74 Å². The zero-order chi connectivity index (χ0) is 11.9. The zero-order valence-electron chi connectivity index (χ0n) is 9.63. The van der Waals surface area contributed by atoms with Crippen LogP contribution in [0.15, 0.2) is 42.5 Å². The minimum atomic E-state index is 0.598. The summed E-state index contributed by atoms with van der Waals surface area (Å²) in [6, 6.07) is 11.9. The summed E-state index contributed by atoms with van der Waals surface area (Å²) < 4.78 is 5.70. The van der Waals surface area contributed by atoms with Gasteiger partial charge in [-0.25, -0.2) is 9.97 Å². The fraction of sp³-hybridized carbons (Fsp3) is 0.0667. The van der Waals surface area contributed by atoms with Crippen molar-refractivity contribution in [1.29, 1.82) is 0 Å². The van der Waals surface area contributed by atoms with Crippen molar-refractivity contribution >= 4 is 28.1 Å². The number of para-hydroxylation sites is 2. The van der Waals surface area contributed by atoms with Gasteiger partial charge in [-0.05, 0) is 30.3 Å². The van der Waals surface area contributed by atoms with E-state index in [9.17, 15) is 0 Å². The van der Waals surface area contributed by atoms with E-state index in [1.54, 1.807) is 0 Å². The van der Waals surface area contributed by atoms with Crippen molar-refractivity contribution in [2.75, 3.05) is 6.61 Å². The number of rotatable bonds is 0. The molecule has 0 unspecified atom stereocenters. The molecule has 4 rings (SSSR count). The van der Waals surface area contributed by atoms with E-state index in [0.717, 1.165) is 33.4 Å². The second kappa shape index (κ2) is 3.53. The highest BCUT2D eigenvalue weighted by molar-refractivity contribution is 5.92. The highest BCUT2D eigenvalue weighted by atomic mass is 16.5. The standard InChI is InChI=1S/C15H10N2O/c1-2-6-12-11(5-1)16-13-8-7-10-4-3-9-18-15(10)14(13)17-12/h1-8H,9H2.